The van der Waals surface area contributed by atoms with Gasteiger partial charge in [-0.1, -0.05) is 30.3 Å². The summed E-state index contributed by atoms with van der Waals surface area (Å²) in [6, 6.07) is 19.7. The fourth-order valence-corrected chi connectivity index (χ4v) is 9.59. The number of ether oxygens (including phenoxy) is 1. The predicted octanol–water partition coefficient (Wildman–Crippen LogP) is 3.99. The Morgan fingerprint density at radius 2 is 1.67 bits per heavy atom. The molecule has 0 aliphatic heterocycles. The molecule has 4 saturated carbocycles. The molecule has 4 bridgehead atoms. The molecule has 5 atom stereocenters. The molecule has 4 aliphatic rings. The average molecular weight is 641 g/mol. The fraction of sp³-hybridized carbons (Fsp3) is 0.371. The Morgan fingerprint density at radius 1 is 0.978 bits per heavy atom. The molecule has 46 heavy (non-hydrogen) atoms. The van der Waals surface area contributed by atoms with Crippen molar-refractivity contribution in [1.29, 1.82) is 0 Å². The van der Waals surface area contributed by atoms with Crippen LogP contribution in [-0.4, -0.2) is 54.8 Å². The van der Waals surface area contributed by atoms with Crippen LogP contribution in [0.25, 0.3) is 16.7 Å². The number of nitrogens with one attached hydrogen (secondary N) is 2. The molecule has 8 rings (SSSR count). The summed E-state index contributed by atoms with van der Waals surface area (Å²) in [5.74, 6) is 0.118. The number of para-hydroxylation sites is 1. The molecule has 4 aromatic rings. The van der Waals surface area contributed by atoms with E-state index in [1.54, 1.807) is 47.2 Å². The van der Waals surface area contributed by atoms with Crippen molar-refractivity contribution >= 4 is 32.9 Å². The largest absolute Gasteiger partial charge is 0.464 e. The Bertz CT molecular complexity index is 1990. The van der Waals surface area contributed by atoms with E-state index in [0.717, 1.165) is 37.7 Å². The number of sulfonamides is 1. The van der Waals surface area contributed by atoms with Gasteiger partial charge in [0.2, 0.25) is 10.0 Å². The molecule has 0 spiro atoms. The SMILES string of the molecule is COC(=O)c1c(Cc2ccc(C(=O)NC3[C@@H]4CC5C[C@H]3CC(NS(C)(=O)=O)(C5)C4)cc2)c(=O)c2cccnc2n1-c1ccccc1. The van der Waals surface area contributed by atoms with Crippen LogP contribution in [0.2, 0.25) is 0 Å². The van der Waals surface area contributed by atoms with Crippen molar-refractivity contribution in [2.45, 2.75) is 50.1 Å². The first-order valence-electron chi connectivity index (χ1n) is 15.6. The predicted molar refractivity (Wildman–Crippen MR) is 173 cm³/mol. The van der Waals surface area contributed by atoms with Gasteiger partial charge >= 0.3 is 5.97 Å². The number of benzene rings is 2. The molecule has 2 heterocycles. The van der Waals surface area contributed by atoms with Crippen LogP contribution < -0.4 is 15.5 Å². The molecule has 1 amide bonds. The summed E-state index contributed by atoms with van der Waals surface area (Å²) in [6.07, 6.45) is 7.29. The molecule has 4 aliphatic carbocycles. The number of aromatic nitrogens is 2. The van der Waals surface area contributed by atoms with Crippen LogP contribution in [0.3, 0.4) is 0 Å². The lowest BCUT2D eigenvalue weighted by molar-refractivity contribution is -0.0347. The zero-order chi connectivity index (χ0) is 32.2. The van der Waals surface area contributed by atoms with Crippen LogP contribution in [0, 0.1) is 17.8 Å². The molecule has 2 N–H and O–H groups in total. The second-order valence-corrected chi connectivity index (χ2v) is 14.9. The van der Waals surface area contributed by atoms with E-state index in [0.29, 0.717) is 28.2 Å². The minimum atomic E-state index is -3.32. The number of nitrogens with zero attached hydrogens (tertiary/aromatic N) is 2. The second kappa shape index (κ2) is 11.5. The van der Waals surface area contributed by atoms with Crippen molar-refractivity contribution < 1.29 is 22.7 Å². The van der Waals surface area contributed by atoms with Crippen molar-refractivity contribution in [2.24, 2.45) is 17.8 Å². The van der Waals surface area contributed by atoms with Crippen molar-refractivity contribution in [3.05, 3.63) is 106 Å². The first-order chi connectivity index (χ1) is 22.0. The molecule has 0 radical (unpaired) electrons. The molecule has 10 nitrogen and oxygen atoms in total. The Morgan fingerprint density at radius 3 is 2.33 bits per heavy atom. The highest BCUT2D eigenvalue weighted by atomic mass is 32.2. The van der Waals surface area contributed by atoms with E-state index in [4.69, 9.17) is 4.74 Å². The lowest BCUT2D eigenvalue weighted by atomic mass is 9.51. The Kier molecular flexibility index (Phi) is 7.56. The van der Waals surface area contributed by atoms with E-state index >= 15 is 0 Å². The number of rotatable bonds is 8. The number of hydrogen-bond donors (Lipinski definition) is 2. The maximum atomic E-state index is 13.8. The van der Waals surface area contributed by atoms with E-state index in [2.05, 4.69) is 15.0 Å². The summed E-state index contributed by atoms with van der Waals surface area (Å²) >= 11 is 0. The summed E-state index contributed by atoms with van der Waals surface area (Å²) in [4.78, 5) is 45.0. The molecule has 11 heteroatoms. The summed E-state index contributed by atoms with van der Waals surface area (Å²) in [7, 11) is -2.04. The third-order valence-electron chi connectivity index (χ3n) is 9.99. The number of pyridine rings is 2. The first kappa shape index (κ1) is 30.3. The minimum absolute atomic E-state index is 0.00323. The lowest BCUT2D eigenvalue weighted by Gasteiger charge is -2.59. The van der Waals surface area contributed by atoms with Gasteiger partial charge in [-0.25, -0.2) is 22.9 Å². The van der Waals surface area contributed by atoms with Crippen LogP contribution in [0.1, 0.15) is 64.1 Å². The number of carbonyl (C=O) groups is 2. The van der Waals surface area contributed by atoms with E-state index in [9.17, 15) is 22.8 Å². The average Bonchev–Trinajstić information content (AvgIpc) is 3.03. The molecule has 3 unspecified atom stereocenters. The number of amides is 1. The highest BCUT2D eigenvalue weighted by molar-refractivity contribution is 7.88. The zero-order valence-electron chi connectivity index (χ0n) is 25.7. The molecular weight excluding hydrogens is 604 g/mol. The van der Waals surface area contributed by atoms with Gasteiger partial charge < -0.3 is 10.1 Å². The fourth-order valence-electron chi connectivity index (χ4n) is 8.56. The van der Waals surface area contributed by atoms with Crippen LogP contribution in [0.5, 0.6) is 0 Å². The van der Waals surface area contributed by atoms with Crippen molar-refractivity contribution in [3.8, 4) is 5.69 Å². The van der Waals surface area contributed by atoms with Crippen LogP contribution in [0.15, 0.2) is 77.7 Å². The molecule has 2 aromatic heterocycles. The van der Waals surface area contributed by atoms with Gasteiger partial charge in [-0.2, -0.15) is 0 Å². The topological polar surface area (TPSA) is 136 Å². The normalized spacial score (nSPS) is 25.0. The number of fused-ring (bicyclic) bond motifs is 1. The van der Waals surface area contributed by atoms with E-state index in [1.807, 2.05) is 30.3 Å². The van der Waals surface area contributed by atoms with E-state index in [-0.39, 0.29) is 46.9 Å². The van der Waals surface area contributed by atoms with Gasteiger partial charge in [-0.3, -0.25) is 14.2 Å². The molecule has 0 saturated heterocycles. The van der Waals surface area contributed by atoms with E-state index < -0.39 is 21.5 Å². The zero-order valence-corrected chi connectivity index (χ0v) is 26.5. The van der Waals surface area contributed by atoms with Gasteiger partial charge in [-0.15, -0.1) is 0 Å². The number of carbonyl (C=O) groups excluding carboxylic acids is 2. The van der Waals surface area contributed by atoms with Crippen molar-refractivity contribution in [3.63, 3.8) is 0 Å². The van der Waals surface area contributed by atoms with Crippen LogP contribution in [0.4, 0.5) is 0 Å². The standard InChI is InChI=1S/C35H36N4O6S/c1-45-34(42)30-28(31(40)27-9-6-14-36-32(27)39(30)26-7-4-3-5-8-26)17-21-10-12-23(13-11-21)33(41)37-29-24-15-22-16-25(29)20-35(18-22,19-24)38-46(2,43)44/h3-14,22,24-25,29,38H,15-20H2,1-2H3,(H,37,41)/t22?,24-,25+,29?,35?. The third-order valence-corrected chi connectivity index (χ3v) is 10.8. The smallest absolute Gasteiger partial charge is 0.355 e. The van der Waals surface area contributed by atoms with Crippen LogP contribution in [-0.2, 0) is 21.2 Å². The summed E-state index contributed by atoms with van der Waals surface area (Å²) < 4.78 is 34.0. The maximum absolute atomic E-state index is 13.8. The van der Waals surface area contributed by atoms with Crippen LogP contribution >= 0.6 is 0 Å². The Hall–Kier alpha value is -4.35. The lowest BCUT2D eigenvalue weighted by Crippen LogP contribution is -2.66. The third kappa shape index (κ3) is 5.51. The van der Waals surface area contributed by atoms with E-state index in [1.165, 1.54) is 13.4 Å². The summed E-state index contributed by atoms with van der Waals surface area (Å²) in [5.41, 5.74) is 1.97. The molecule has 4 fully saturated rings. The highest BCUT2D eigenvalue weighted by Crippen LogP contribution is 2.56. The van der Waals surface area contributed by atoms with Gasteiger partial charge in [0.05, 0.1) is 18.8 Å². The van der Waals surface area contributed by atoms with Crippen molar-refractivity contribution in [2.75, 3.05) is 13.4 Å². The summed E-state index contributed by atoms with van der Waals surface area (Å²) in [6.45, 7) is 0. The first-order valence-corrected chi connectivity index (χ1v) is 17.5. The monoisotopic (exact) mass is 640 g/mol. The second-order valence-electron chi connectivity index (χ2n) is 13.2. The van der Waals surface area contributed by atoms with Gasteiger partial charge in [-0.05, 0) is 91.8 Å². The molecule has 2 aromatic carbocycles. The quantitative estimate of drug-likeness (QED) is 0.278. The number of methoxy groups -OCH3 is 1. The maximum Gasteiger partial charge on any atom is 0.355 e. The van der Waals surface area contributed by atoms with Gasteiger partial charge in [0.15, 0.2) is 5.43 Å². The Labute approximate surface area is 267 Å². The minimum Gasteiger partial charge on any atom is -0.464 e. The van der Waals surface area contributed by atoms with Crippen molar-refractivity contribution in [1.82, 2.24) is 19.6 Å². The molecule has 238 valence electrons. The molecular formula is C35H36N4O6S. The van der Waals surface area contributed by atoms with Gasteiger partial charge in [0.1, 0.15) is 11.3 Å². The Balaban J connectivity index is 1.15. The van der Waals surface area contributed by atoms with Gasteiger partial charge in [0, 0.05) is 41.0 Å². The summed E-state index contributed by atoms with van der Waals surface area (Å²) in [5, 5.41) is 3.66. The highest BCUT2D eigenvalue weighted by Gasteiger charge is 2.56. The number of esters is 1. The number of hydrogen-bond acceptors (Lipinski definition) is 7. The van der Waals surface area contributed by atoms with Gasteiger partial charge in [0.25, 0.3) is 5.91 Å².